The van der Waals surface area contributed by atoms with E-state index < -0.39 is 54.3 Å². The Labute approximate surface area is 179 Å². The molecule has 2 fully saturated rings. The van der Waals surface area contributed by atoms with Crippen LogP contribution in [0.25, 0.3) is 0 Å². The van der Waals surface area contributed by atoms with Crippen molar-refractivity contribution in [1.29, 1.82) is 0 Å². The van der Waals surface area contributed by atoms with E-state index in [0.29, 0.717) is 0 Å². The summed E-state index contributed by atoms with van der Waals surface area (Å²) in [5, 5.41) is 21.5. The van der Waals surface area contributed by atoms with E-state index in [2.05, 4.69) is 0 Å². The fourth-order valence-corrected chi connectivity index (χ4v) is 3.91. The Morgan fingerprint density at radius 1 is 0.742 bits per heavy atom. The maximum Gasteiger partial charge on any atom is 0.338 e. The van der Waals surface area contributed by atoms with Crippen LogP contribution in [0.4, 0.5) is 0 Å². The number of hydrogen-bond donors (Lipinski definition) is 2. The third kappa shape index (κ3) is 4.33. The van der Waals surface area contributed by atoms with Crippen molar-refractivity contribution >= 4 is 11.9 Å². The van der Waals surface area contributed by atoms with Crippen molar-refractivity contribution in [3.05, 3.63) is 71.8 Å². The molecule has 0 radical (unpaired) electrons. The van der Waals surface area contributed by atoms with Gasteiger partial charge in [0.25, 0.3) is 0 Å². The molecule has 0 spiro atoms. The van der Waals surface area contributed by atoms with Crippen LogP contribution in [0, 0.1) is 0 Å². The molecule has 0 bridgehead atoms. The van der Waals surface area contributed by atoms with Crippen LogP contribution in [0.15, 0.2) is 60.7 Å². The predicted octanol–water partition coefficient (Wildman–Crippen LogP) is 1.69. The van der Waals surface area contributed by atoms with Gasteiger partial charge < -0.3 is 29.2 Å². The van der Waals surface area contributed by atoms with E-state index >= 15 is 0 Å². The van der Waals surface area contributed by atoms with Gasteiger partial charge >= 0.3 is 11.9 Å². The summed E-state index contributed by atoms with van der Waals surface area (Å²) in [6.07, 6.45) is -7.45. The highest BCUT2D eigenvalue weighted by Crippen LogP contribution is 2.40. The summed E-state index contributed by atoms with van der Waals surface area (Å²) < 4.78 is 22.8. The highest BCUT2D eigenvalue weighted by Gasteiger charge is 2.60. The first-order valence-electron chi connectivity index (χ1n) is 10.0. The summed E-state index contributed by atoms with van der Waals surface area (Å²) in [4.78, 5) is 25.1. The van der Waals surface area contributed by atoms with Crippen molar-refractivity contribution in [3.63, 3.8) is 0 Å². The lowest BCUT2D eigenvalue weighted by atomic mass is 9.84. The lowest BCUT2D eigenvalue weighted by Crippen LogP contribution is -2.64. The maximum absolute atomic E-state index is 12.6. The summed E-state index contributed by atoms with van der Waals surface area (Å²) in [5.74, 6) is -2.46. The van der Waals surface area contributed by atoms with Gasteiger partial charge in [0.05, 0.1) is 11.1 Å². The summed E-state index contributed by atoms with van der Waals surface area (Å²) in [6.45, 7) is 3.30. The van der Waals surface area contributed by atoms with Gasteiger partial charge in [0, 0.05) is 0 Å². The van der Waals surface area contributed by atoms with E-state index in [-0.39, 0.29) is 11.1 Å². The second kappa shape index (κ2) is 8.39. The zero-order chi connectivity index (χ0) is 22.2. The van der Waals surface area contributed by atoms with E-state index in [9.17, 15) is 19.8 Å². The molecule has 0 amide bonds. The largest absolute Gasteiger partial charge is 0.453 e. The topological polar surface area (TPSA) is 112 Å². The smallest absolute Gasteiger partial charge is 0.338 e. The lowest BCUT2D eigenvalue weighted by Gasteiger charge is -2.42. The van der Waals surface area contributed by atoms with Gasteiger partial charge in [-0.1, -0.05) is 36.4 Å². The predicted molar refractivity (Wildman–Crippen MR) is 107 cm³/mol. The number of aliphatic hydroxyl groups is 2. The first-order chi connectivity index (χ1) is 14.8. The molecule has 4 rings (SSSR count). The molecule has 1 saturated heterocycles. The average molecular weight is 428 g/mol. The van der Waals surface area contributed by atoms with Crippen LogP contribution < -0.4 is 0 Å². The van der Waals surface area contributed by atoms with Crippen molar-refractivity contribution in [2.75, 3.05) is 0 Å². The van der Waals surface area contributed by atoms with Gasteiger partial charge in [0.1, 0.15) is 24.4 Å². The van der Waals surface area contributed by atoms with Crippen LogP contribution in [0.3, 0.4) is 0 Å². The first-order valence-corrected chi connectivity index (χ1v) is 10.0. The molecule has 0 unspecified atom stereocenters. The van der Waals surface area contributed by atoms with Gasteiger partial charge in [-0.15, -0.1) is 0 Å². The number of hydrogen-bond acceptors (Lipinski definition) is 8. The van der Waals surface area contributed by atoms with Crippen LogP contribution in [0.2, 0.25) is 0 Å². The quantitative estimate of drug-likeness (QED) is 0.708. The Morgan fingerprint density at radius 2 is 1.10 bits per heavy atom. The highest BCUT2D eigenvalue weighted by molar-refractivity contribution is 5.90. The van der Waals surface area contributed by atoms with E-state index in [1.54, 1.807) is 74.5 Å². The normalized spacial score (nSPS) is 31.5. The molecular weight excluding hydrogens is 404 g/mol. The van der Waals surface area contributed by atoms with Crippen molar-refractivity contribution in [3.8, 4) is 0 Å². The van der Waals surface area contributed by atoms with Crippen LogP contribution in [0.5, 0.6) is 0 Å². The average Bonchev–Trinajstić information content (AvgIpc) is 3.10. The number of esters is 2. The lowest BCUT2D eigenvalue weighted by molar-refractivity contribution is -0.193. The summed E-state index contributed by atoms with van der Waals surface area (Å²) in [7, 11) is 0. The van der Waals surface area contributed by atoms with Crippen LogP contribution in [-0.2, 0) is 18.9 Å². The second-order valence-electron chi connectivity index (χ2n) is 8.02. The monoisotopic (exact) mass is 428 g/mol. The molecule has 8 heteroatoms. The highest BCUT2D eigenvalue weighted by atomic mass is 16.8. The van der Waals surface area contributed by atoms with Gasteiger partial charge in [-0.3, -0.25) is 0 Å². The van der Waals surface area contributed by atoms with E-state index in [0.717, 1.165) is 0 Å². The van der Waals surface area contributed by atoms with E-state index in [1.807, 2.05) is 0 Å². The minimum absolute atomic E-state index is 0.288. The van der Waals surface area contributed by atoms with Crippen LogP contribution in [-0.4, -0.2) is 64.6 Å². The second-order valence-corrected chi connectivity index (χ2v) is 8.02. The Hall–Kier alpha value is -2.78. The molecular formula is C23H24O8. The van der Waals surface area contributed by atoms with Crippen LogP contribution in [0.1, 0.15) is 34.6 Å². The molecule has 8 nitrogen and oxygen atoms in total. The molecule has 1 saturated carbocycles. The summed E-state index contributed by atoms with van der Waals surface area (Å²) in [5.41, 5.74) is 0.577. The molecule has 2 aromatic rings. The fourth-order valence-electron chi connectivity index (χ4n) is 3.91. The molecule has 6 atom stereocenters. The third-order valence-corrected chi connectivity index (χ3v) is 5.34. The van der Waals surface area contributed by atoms with Gasteiger partial charge in [-0.2, -0.15) is 0 Å². The SMILES string of the molecule is CC1(C)O[C@@H]2[C@@H](O1)[C@@H](OC(=O)c1ccccc1)[C@H](O)[C@H](O)[C@H]2OC(=O)c1ccccc1. The number of aliphatic hydroxyl groups excluding tert-OH is 2. The molecule has 1 aliphatic carbocycles. The molecule has 164 valence electrons. The standard InChI is InChI=1S/C23H24O8/c1-23(2)30-19-17(28-21(26)13-9-5-3-6-10-13)15(24)16(25)18(20(19)31-23)29-22(27)14-11-7-4-8-12-14/h3-12,15-20,24-25H,1-2H3/t15-,16+,17+,18-,19-,20-/m0/s1. The Bertz CT molecular complexity index is 854. The Kier molecular flexibility index (Phi) is 5.81. The molecule has 2 aromatic carbocycles. The third-order valence-electron chi connectivity index (χ3n) is 5.34. The van der Waals surface area contributed by atoms with Crippen molar-refractivity contribution in [1.82, 2.24) is 0 Å². The molecule has 2 N–H and O–H groups in total. The van der Waals surface area contributed by atoms with Gasteiger partial charge in [-0.25, -0.2) is 9.59 Å². The van der Waals surface area contributed by atoms with Crippen molar-refractivity contribution in [2.45, 2.75) is 56.3 Å². The number of benzene rings is 2. The maximum atomic E-state index is 12.6. The van der Waals surface area contributed by atoms with Crippen LogP contribution >= 0.6 is 0 Å². The first kappa shape index (κ1) is 21.5. The number of ether oxygens (including phenoxy) is 4. The van der Waals surface area contributed by atoms with Gasteiger partial charge in [0.15, 0.2) is 18.0 Å². The van der Waals surface area contributed by atoms with E-state index in [4.69, 9.17) is 18.9 Å². The number of rotatable bonds is 4. The van der Waals surface area contributed by atoms with E-state index in [1.165, 1.54) is 0 Å². The summed E-state index contributed by atoms with van der Waals surface area (Å²) in [6, 6.07) is 16.6. The van der Waals surface area contributed by atoms with Gasteiger partial charge in [0.2, 0.25) is 0 Å². The minimum Gasteiger partial charge on any atom is -0.453 e. The number of carbonyl (C=O) groups is 2. The fraction of sp³-hybridized carbons (Fsp3) is 0.391. The summed E-state index contributed by atoms with van der Waals surface area (Å²) >= 11 is 0. The number of carbonyl (C=O) groups excluding carboxylic acids is 2. The minimum atomic E-state index is -1.56. The Balaban J connectivity index is 1.57. The Morgan fingerprint density at radius 3 is 1.45 bits per heavy atom. The zero-order valence-corrected chi connectivity index (χ0v) is 17.1. The zero-order valence-electron chi connectivity index (χ0n) is 17.1. The molecule has 1 heterocycles. The molecule has 1 aliphatic heterocycles. The number of fused-ring (bicyclic) bond motifs is 1. The van der Waals surface area contributed by atoms with Crippen molar-refractivity contribution in [2.24, 2.45) is 0 Å². The van der Waals surface area contributed by atoms with Gasteiger partial charge in [-0.05, 0) is 38.1 Å². The van der Waals surface area contributed by atoms with Crippen molar-refractivity contribution < 1.29 is 38.7 Å². The molecule has 31 heavy (non-hydrogen) atoms. The molecule has 0 aromatic heterocycles. The molecule has 2 aliphatic rings.